The largest absolute Gasteiger partial charge is 0.490 e. The molecule has 0 saturated heterocycles. The maximum absolute atomic E-state index is 11.3. The van der Waals surface area contributed by atoms with Gasteiger partial charge in [0.15, 0.2) is 5.78 Å². The van der Waals surface area contributed by atoms with E-state index in [4.69, 9.17) is 19.7 Å². The van der Waals surface area contributed by atoms with Crippen LogP contribution in [0.5, 0.6) is 5.75 Å². The van der Waals surface area contributed by atoms with E-state index in [2.05, 4.69) is 0 Å². The molecule has 1 heterocycles. The number of aliphatic hydroxyl groups excluding tert-OH is 1. The zero-order valence-electron chi connectivity index (χ0n) is 9.35. The van der Waals surface area contributed by atoms with Gasteiger partial charge in [0.25, 0.3) is 0 Å². The minimum absolute atomic E-state index is 0.0526. The highest BCUT2D eigenvalue weighted by atomic mass is 19.4. The highest BCUT2D eigenvalue weighted by molar-refractivity contribution is 5.99. The maximum atomic E-state index is 11.3. The molecule has 0 saturated carbocycles. The Morgan fingerprint density at radius 2 is 1.84 bits per heavy atom. The molecule has 19 heavy (non-hydrogen) atoms. The summed E-state index contributed by atoms with van der Waals surface area (Å²) in [5.41, 5.74) is 0.558. The summed E-state index contributed by atoms with van der Waals surface area (Å²) in [6.07, 6.45) is -6.01. The number of carbonyl (C=O) groups is 2. The molecule has 0 amide bonds. The highest BCUT2D eigenvalue weighted by Gasteiger charge is 2.38. The van der Waals surface area contributed by atoms with Gasteiger partial charge in [-0.3, -0.25) is 4.79 Å². The summed E-state index contributed by atoms with van der Waals surface area (Å²) in [5.74, 6) is -2.35. The molecule has 1 aromatic rings. The first-order valence-electron chi connectivity index (χ1n) is 4.99. The quantitative estimate of drug-likeness (QED) is 0.753. The molecule has 0 radical (unpaired) electrons. The fraction of sp³-hybridized carbons (Fsp3) is 0.273. The number of carbonyl (C=O) groups excluding carboxylic acids is 1. The van der Waals surface area contributed by atoms with Crippen LogP contribution in [0.3, 0.4) is 0 Å². The molecular weight excluding hydrogens is 269 g/mol. The van der Waals surface area contributed by atoms with Crippen LogP contribution in [0.4, 0.5) is 13.2 Å². The Bertz CT molecular complexity index is 483. The normalized spacial score (nSPS) is 17.7. The lowest BCUT2D eigenvalue weighted by atomic mass is 10.0. The van der Waals surface area contributed by atoms with Crippen LogP contribution in [0.1, 0.15) is 16.8 Å². The average molecular weight is 278 g/mol. The van der Waals surface area contributed by atoms with Gasteiger partial charge in [-0.25, -0.2) is 4.79 Å². The summed E-state index contributed by atoms with van der Waals surface area (Å²) in [7, 11) is 0. The number of aliphatic hydroxyl groups is 1. The number of Topliss-reactive ketones (excluding diaryl/α,β-unsaturated/α-hetero) is 1. The number of rotatable bonds is 0. The molecule has 0 bridgehead atoms. The van der Waals surface area contributed by atoms with Crippen molar-refractivity contribution in [1.82, 2.24) is 0 Å². The van der Waals surface area contributed by atoms with E-state index in [1.807, 2.05) is 0 Å². The third kappa shape index (κ3) is 4.25. The first kappa shape index (κ1) is 15.0. The van der Waals surface area contributed by atoms with E-state index < -0.39 is 18.4 Å². The molecule has 104 valence electrons. The molecule has 5 nitrogen and oxygen atoms in total. The lowest BCUT2D eigenvalue weighted by Gasteiger charge is -2.20. The molecule has 0 fully saturated rings. The Hall–Kier alpha value is -2.09. The molecular formula is C11H9F3O5. The standard InChI is InChI=1S/C9H8O3.C2HF3O2/c10-7-5-9(11)12-8-4-2-1-3-6(7)8;3-2(4,5)1(6)7/h1-4,9,11H,5H2;(H,6,7). The van der Waals surface area contributed by atoms with Crippen molar-refractivity contribution in [3.05, 3.63) is 29.8 Å². The number of ether oxygens (including phenoxy) is 1. The number of halogens is 3. The first-order valence-corrected chi connectivity index (χ1v) is 4.99. The number of alkyl halides is 3. The van der Waals surface area contributed by atoms with Crippen molar-refractivity contribution in [2.45, 2.75) is 18.9 Å². The number of fused-ring (bicyclic) bond motifs is 1. The summed E-state index contributed by atoms with van der Waals surface area (Å²) < 4.78 is 36.8. The number of benzene rings is 1. The fourth-order valence-electron chi connectivity index (χ4n) is 1.26. The van der Waals surface area contributed by atoms with Crippen molar-refractivity contribution in [2.75, 3.05) is 0 Å². The lowest BCUT2D eigenvalue weighted by Crippen LogP contribution is -2.26. The summed E-state index contributed by atoms with van der Waals surface area (Å²) in [4.78, 5) is 20.2. The van der Waals surface area contributed by atoms with Crippen LogP contribution in [-0.2, 0) is 4.79 Å². The fourth-order valence-corrected chi connectivity index (χ4v) is 1.26. The van der Waals surface area contributed by atoms with E-state index >= 15 is 0 Å². The zero-order chi connectivity index (χ0) is 14.6. The Labute approximate surface area is 105 Å². The van der Waals surface area contributed by atoms with Gasteiger partial charge in [0.2, 0.25) is 6.29 Å². The van der Waals surface area contributed by atoms with Crippen molar-refractivity contribution >= 4 is 11.8 Å². The highest BCUT2D eigenvalue weighted by Crippen LogP contribution is 2.25. The van der Waals surface area contributed by atoms with E-state index in [9.17, 15) is 18.0 Å². The third-order valence-corrected chi connectivity index (χ3v) is 2.05. The third-order valence-electron chi connectivity index (χ3n) is 2.05. The van der Waals surface area contributed by atoms with Crippen molar-refractivity contribution in [2.24, 2.45) is 0 Å². The summed E-state index contributed by atoms with van der Waals surface area (Å²) >= 11 is 0. The monoisotopic (exact) mass is 278 g/mol. The van der Waals surface area contributed by atoms with E-state index in [-0.39, 0.29) is 12.2 Å². The second-order valence-electron chi connectivity index (χ2n) is 3.50. The molecule has 1 aliphatic heterocycles. The molecule has 2 rings (SSSR count). The molecule has 1 aliphatic rings. The lowest BCUT2D eigenvalue weighted by molar-refractivity contribution is -0.192. The molecule has 0 aromatic heterocycles. The van der Waals surface area contributed by atoms with Gasteiger partial charge in [-0.15, -0.1) is 0 Å². The average Bonchev–Trinajstić information content (AvgIpc) is 2.28. The van der Waals surface area contributed by atoms with Crippen LogP contribution < -0.4 is 4.74 Å². The van der Waals surface area contributed by atoms with Crippen LogP contribution in [0, 0.1) is 0 Å². The molecule has 1 unspecified atom stereocenters. The van der Waals surface area contributed by atoms with Crippen LogP contribution >= 0.6 is 0 Å². The minimum atomic E-state index is -5.08. The van der Waals surface area contributed by atoms with Crippen LogP contribution in [0.25, 0.3) is 0 Å². The van der Waals surface area contributed by atoms with Gasteiger partial charge < -0.3 is 14.9 Å². The number of hydrogen-bond acceptors (Lipinski definition) is 4. The van der Waals surface area contributed by atoms with Crippen LogP contribution in [0.2, 0.25) is 0 Å². The Kier molecular flexibility index (Phi) is 4.49. The van der Waals surface area contributed by atoms with Gasteiger partial charge in [0, 0.05) is 0 Å². The molecule has 1 aromatic carbocycles. The van der Waals surface area contributed by atoms with Crippen molar-refractivity contribution in [3.8, 4) is 5.75 Å². The second-order valence-corrected chi connectivity index (χ2v) is 3.50. The van der Waals surface area contributed by atoms with Crippen molar-refractivity contribution in [1.29, 1.82) is 0 Å². The van der Waals surface area contributed by atoms with Gasteiger partial charge in [-0.05, 0) is 12.1 Å². The summed E-state index contributed by atoms with van der Waals surface area (Å²) in [6.45, 7) is 0. The van der Waals surface area contributed by atoms with Crippen molar-refractivity contribution < 1.29 is 37.7 Å². The topological polar surface area (TPSA) is 83.8 Å². The summed E-state index contributed by atoms with van der Waals surface area (Å²) in [5, 5.41) is 16.2. The first-order chi connectivity index (χ1) is 8.71. The van der Waals surface area contributed by atoms with Crippen molar-refractivity contribution in [3.63, 3.8) is 0 Å². The molecule has 2 N–H and O–H groups in total. The summed E-state index contributed by atoms with van der Waals surface area (Å²) in [6, 6.07) is 6.92. The number of hydrogen-bond donors (Lipinski definition) is 2. The Morgan fingerprint density at radius 1 is 1.32 bits per heavy atom. The van der Waals surface area contributed by atoms with Gasteiger partial charge in [0.05, 0.1) is 12.0 Å². The van der Waals surface area contributed by atoms with Crippen LogP contribution in [0.15, 0.2) is 24.3 Å². The predicted octanol–water partition coefficient (Wildman–Crippen LogP) is 1.60. The minimum Gasteiger partial charge on any atom is -0.475 e. The van der Waals surface area contributed by atoms with Gasteiger partial charge >= 0.3 is 12.1 Å². The van der Waals surface area contributed by atoms with Gasteiger partial charge in [0.1, 0.15) is 5.75 Å². The van der Waals surface area contributed by atoms with E-state index in [1.165, 1.54) is 0 Å². The molecule has 8 heteroatoms. The smallest absolute Gasteiger partial charge is 0.475 e. The maximum Gasteiger partial charge on any atom is 0.490 e. The predicted molar refractivity (Wildman–Crippen MR) is 55.7 cm³/mol. The molecule has 0 aliphatic carbocycles. The number of ketones is 1. The SMILES string of the molecule is O=C(O)C(F)(F)F.O=C1CC(O)Oc2ccccc21. The number of para-hydroxylation sites is 1. The number of carboxylic acid groups (broad SMARTS) is 1. The Balaban J connectivity index is 0.000000224. The zero-order valence-corrected chi connectivity index (χ0v) is 9.35. The van der Waals surface area contributed by atoms with E-state index in [0.717, 1.165) is 0 Å². The number of aliphatic carboxylic acids is 1. The molecule has 0 spiro atoms. The van der Waals surface area contributed by atoms with Gasteiger partial charge in [-0.1, -0.05) is 12.1 Å². The van der Waals surface area contributed by atoms with E-state index in [1.54, 1.807) is 24.3 Å². The van der Waals surface area contributed by atoms with Gasteiger partial charge in [-0.2, -0.15) is 13.2 Å². The second kappa shape index (κ2) is 5.70. The molecule has 1 atom stereocenters. The number of carboxylic acids is 1. The van der Waals surface area contributed by atoms with Crippen LogP contribution in [-0.4, -0.2) is 34.4 Å². The van der Waals surface area contributed by atoms with E-state index in [0.29, 0.717) is 11.3 Å². The Morgan fingerprint density at radius 3 is 2.37 bits per heavy atom.